The number of halogens is 2. The van der Waals surface area contributed by atoms with Gasteiger partial charge in [-0.2, -0.15) is 0 Å². The minimum atomic E-state index is 0. The zero-order valence-electron chi connectivity index (χ0n) is 10.2. The van der Waals surface area contributed by atoms with E-state index in [1.165, 1.54) is 19.9 Å². The number of rotatable bonds is 2. The molecule has 2 rings (SSSR count). The molecule has 93 valence electrons. The van der Waals surface area contributed by atoms with E-state index in [1.54, 1.807) is 0 Å². The van der Waals surface area contributed by atoms with Crippen LogP contribution >= 0.6 is 36.2 Å². The number of allylic oxidation sites excluding steroid dienone is 4. The maximum Gasteiger partial charge on any atom is -0.147 e. The summed E-state index contributed by atoms with van der Waals surface area (Å²) in [5, 5.41) is 2.20. The summed E-state index contributed by atoms with van der Waals surface area (Å²) in [5.74, 6) is 0. The second-order valence-corrected chi connectivity index (χ2v) is 6.42. The van der Waals surface area contributed by atoms with Crippen LogP contribution in [0.2, 0.25) is 0 Å². The fraction of sp³-hybridized carbons (Fsp3) is 0.385. The molecule has 1 aliphatic carbocycles. The Morgan fingerprint density at radius 3 is 2.35 bits per heavy atom. The minimum absolute atomic E-state index is 0. The molecular formula is C13H17Cl2STi. The second-order valence-electron chi connectivity index (χ2n) is 4.56. The Balaban J connectivity index is 0.00000128. The predicted octanol–water partition coefficient (Wildman–Crippen LogP) is 4.94. The van der Waals surface area contributed by atoms with E-state index in [1.807, 2.05) is 11.3 Å². The van der Waals surface area contributed by atoms with Crippen molar-refractivity contribution in [3.05, 3.63) is 43.5 Å². The van der Waals surface area contributed by atoms with Crippen molar-refractivity contribution in [3.63, 3.8) is 0 Å². The molecule has 0 N–H and O–H groups in total. The number of hydrogen-bond donors (Lipinski definition) is 0. The molecule has 1 aliphatic rings. The molecule has 0 nitrogen and oxygen atoms in total. The Morgan fingerprint density at radius 2 is 1.94 bits per heavy atom. The zero-order valence-corrected chi connectivity index (χ0v) is 14.3. The molecule has 0 aromatic carbocycles. The fourth-order valence-corrected chi connectivity index (χ4v) is 4.09. The molecule has 4 heteroatoms. The van der Waals surface area contributed by atoms with Crippen molar-refractivity contribution < 1.29 is 20.4 Å². The summed E-state index contributed by atoms with van der Waals surface area (Å²) < 4.78 is 1.52. The van der Waals surface area contributed by atoms with Crippen molar-refractivity contribution in [2.75, 3.05) is 0 Å². The molecule has 0 aliphatic heterocycles. The first-order valence-corrected chi connectivity index (χ1v) is 6.86. The van der Waals surface area contributed by atoms with Gasteiger partial charge in [-0.3, -0.25) is 0 Å². The van der Waals surface area contributed by atoms with Crippen LogP contribution in [0.5, 0.6) is 0 Å². The summed E-state index contributed by atoms with van der Waals surface area (Å²) in [6, 6.07) is 2.22. The summed E-state index contributed by atoms with van der Waals surface area (Å²) >= 11 is 4.13. The average Bonchev–Trinajstić information content (AvgIpc) is 2.73. The van der Waals surface area contributed by atoms with E-state index in [-0.39, 0.29) is 30.2 Å². The molecule has 0 amide bonds. The molecule has 1 aromatic rings. The normalized spacial score (nSPS) is 14.5. The van der Waals surface area contributed by atoms with Crippen molar-refractivity contribution in [1.82, 2.24) is 0 Å². The van der Waals surface area contributed by atoms with Crippen LogP contribution in [0.4, 0.5) is 0 Å². The van der Waals surface area contributed by atoms with Gasteiger partial charge in [0.25, 0.3) is 0 Å². The predicted molar refractivity (Wildman–Crippen MR) is 77.4 cm³/mol. The molecule has 0 bridgehead atoms. The van der Waals surface area contributed by atoms with Gasteiger partial charge in [-0.25, -0.2) is 0 Å². The van der Waals surface area contributed by atoms with Crippen LogP contribution in [-0.2, 0) is 25.9 Å². The molecule has 0 spiro atoms. The SMILES string of the molecule is Cc1ccsc1C(C)(C)C1=[C]([Ti])CC=C1.Cl.Cl. The van der Waals surface area contributed by atoms with Crippen molar-refractivity contribution in [2.45, 2.75) is 32.6 Å². The van der Waals surface area contributed by atoms with E-state index >= 15 is 0 Å². The van der Waals surface area contributed by atoms with E-state index < -0.39 is 0 Å². The minimum Gasteiger partial charge on any atom is -0.147 e. The van der Waals surface area contributed by atoms with E-state index in [4.69, 9.17) is 0 Å². The van der Waals surface area contributed by atoms with Crippen molar-refractivity contribution in [3.8, 4) is 0 Å². The Kier molecular flexibility index (Phi) is 6.77. The summed E-state index contributed by atoms with van der Waals surface area (Å²) in [5.41, 5.74) is 3.11. The van der Waals surface area contributed by atoms with E-state index in [0.717, 1.165) is 6.42 Å². The molecule has 1 aromatic heterocycles. The maximum absolute atomic E-state index is 2.33. The van der Waals surface area contributed by atoms with Crippen molar-refractivity contribution >= 4 is 36.2 Å². The van der Waals surface area contributed by atoms with Gasteiger partial charge in [-0.05, 0) is 0 Å². The first-order chi connectivity index (χ1) is 7.03. The van der Waals surface area contributed by atoms with E-state index in [2.05, 4.69) is 64.8 Å². The van der Waals surface area contributed by atoms with Gasteiger partial charge in [-0.1, -0.05) is 0 Å². The molecule has 0 saturated heterocycles. The van der Waals surface area contributed by atoms with Gasteiger partial charge >= 0.3 is 108 Å². The third kappa shape index (κ3) is 3.27. The number of thiophene rings is 1. The van der Waals surface area contributed by atoms with Crippen LogP contribution in [0, 0.1) is 6.92 Å². The molecule has 0 unspecified atom stereocenters. The van der Waals surface area contributed by atoms with Gasteiger partial charge in [-0.15, -0.1) is 24.8 Å². The summed E-state index contributed by atoms with van der Waals surface area (Å²) in [6.45, 7) is 6.88. The van der Waals surface area contributed by atoms with Gasteiger partial charge in [0.1, 0.15) is 0 Å². The monoisotopic (exact) mass is 323 g/mol. The quantitative estimate of drug-likeness (QED) is 0.676. The van der Waals surface area contributed by atoms with Gasteiger partial charge in [0.2, 0.25) is 0 Å². The Morgan fingerprint density at radius 1 is 1.29 bits per heavy atom. The van der Waals surface area contributed by atoms with Gasteiger partial charge in [0, 0.05) is 0 Å². The van der Waals surface area contributed by atoms with Crippen molar-refractivity contribution in [2.24, 2.45) is 0 Å². The molecular weight excluding hydrogens is 307 g/mol. The zero-order chi connectivity index (χ0) is 11.1. The van der Waals surface area contributed by atoms with Crippen LogP contribution in [-0.4, -0.2) is 0 Å². The molecule has 17 heavy (non-hydrogen) atoms. The van der Waals surface area contributed by atoms with Crippen LogP contribution in [0.1, 0.15) is 30.7 Å². The first kappa shape index (κ1) is 17.5. The number of hydrogen-bond acceptors (Lipinski definition) is 1. The van der Waals surface area contributed by atoms with E-state index in [9.17, 15) is 0 Å². The largest absolute Gasteiger partial charge is 0.147 e. The van der Waals surface area contributed by atoms with Crippen LogP contribution in [0.25, 0.3) is 0 Å². The third-order valence-corrected chi connectivity index (χ3v) is 5.11. The van der Waals surface area contributed by atoms with Crippen LogP contribution in [0.3, 0.4) is 0 Å². The summed E-state index contributed by atoms with van der Waals surface area (Å²) in [7, 11) is 0. The standard InChI is InChI=1S/C13H15S.2ClH.Ti/c1-10-8-9-14-12(10)13(2,3)11-6-4-5-7-11;;;/h4,6,8-9H,5H2,1-3H3;2*1H;. The van der Waals surface area contributed by atoms with Crippen LogP contribution in [0.15, 0.2) is 33.0 Å². The topological polar surface area (TPSA) is 0 Å². The Bertz CT molecular complexity index is 444. The van der Waals surface area contributed by atoms with Crippen molar-refractivity contribution in [1.29, 1.82) is 0 Å². The third-order valence-electron chi connectivity index (χ3n) is 3.03. The van der Waals surface area contributed by atoms with Gasteiger partial charge < -0.3 is 0 Å². The number of aryl methyl sites for hydroxylation is 1. The summed E-state index contributed by atoms with van der Waals surface area (Å²) in [4.78, 5) is 1.50. The summed E-state index contributed by atoms with van der Waals surface area (Å²) in [6.07, 6.45) is 5.70. The van der Waals surface area contributed by atoms with Gasteiger partial charge in [0.15, 0.2) is 0 Å². The van der Waals surface area contributed by atoms with Gasteiger partial charge in [0.05, 0.1) is 0 Å². The molecule has 0 radical (unpaired) electrons. The smallest absolute Gasteiger partial charge is 0.147 e. The average molecular weight is 324 g/mol. The fourth-order valence-electron chi connectivity index (χ4n) is 2.23. The first-order valence-electron chi connectivity index (χ1n) is 5.20. The van der Waals surface area contributed by atoms with E-state index in [0.29, 0.717) is 0 Å². The molecule has 0 fully saturated rings. The Labute approximate surface area is 132 Å². The van der Waals surface area contributed by atoms with Crippen LogP contribution < -0.4 is 0 Å². The Hall–Kier alpha value is 0.474. The molecule has 1 heterocycles. The molecule has 0 atom stereocenters. The second kappa shape index (κ2) is 6.59. The maximum atomic E-state index is 2.33. The molecule has 0 saturated carbocycles.